The Morgan fingerprint density at radius 3 is 2.78 bits per heavy atom. The lowest BCUT2D eigenvalue weighted by Gasteiger charge is -2.09. The SMILES string of the molecule is NNc1ncc(Br)c(Nc2cc(Br)ccc2F)n1. The number of aromatic nitrogens is 2. The van der Waals surface area contributed by atoms with E-state index >= 15 is 0 Å². The predicted octanol–water partition coefficient (Wildman–Crippen LogP) is 3.17. The molecule has 4 N–H and O–H groups in total. The maximum atomic E-state index is 13.6. The number of hydrogen-bond donors (Lipinski definition) is 3. The van der Waals surface area contributed by atoms with Gasteiger partial charge in [-0.15, -0.1) is 0 Å². The van der Waals surface area contributed by atoms with Crippen molar-refractivity contribution < 1.29 is 4.39 Å². The van der Waals surface area contributed by atoms with Crippen molar-refractivity contribution in [2.24, 2.45) is 5.84 Å². The highest BCUT2D eigenvalue weighted by Crippen LogP contribution is 2.27. The van der Waals surface area contributed by atoms with Crippen molar-refractivity contribution in [3.63, 3.8) is 0 Å². The van der Waals surface area contributed by atoms with E-state index in [-0.39, 0.29) is 11.8 Å². The van der Waals surface area contributed by atoms with Gasteiger partial charge in [0.05, 0.1) is 10.2 Å². The molecule has 1 aromatic heterocycles. The minimum atomic E-state index is -0.383. The van der Waals surface area contributed by atoms with Gasteiger partial charge in [0.1, 0.15) is 5.82 Å². The van der Waals surface area contributed by atoms with Gasteiger partial charge in [-0.1, -0.05) is 15.9 Å². The van der Waals surface area contributed by atoms with Gasteiger partial charge < -0.3 is 5.32 Å². The summed E-state index contributed by atoms with van der Waals surface area (Å²) in [5.41, 5.74) is 2.62. The van der Waals surface area contributed by atoms with Crippen LogP contribution in [0.1, 0.15) is 0 Å². The Labute approximate surface area is 119 Å². The van der Waals surface area contributed by atoms with E-state index in [0.29, 0.717) is 16.0 Å². The minimum Gasteiger partial charge on any atom is -0.337 e. The molecule has 0 aliphatic carbocycles. The molecule has 0 saturated heterocycles. The van der Waals surface area contributed by atoms with Gasteiger partial charge >= 0.3 is 0 Å². The maximum Gasteiger partial charge on any atom is 0.239 e. The van der Waals surface area contributed by atoms with Gasteiger partial charge in [0.25, 0.3) is 0 Å². The number of benzene rings is 1. The molecule has 2 aromatic rings. The normalized spacial score (nSPS) is 10.2. The monoisotopic (exact) mass is 375 g/mol. The molecule has 1 heterocycles. The van der Waals surface area contributed by atoms with E-state index < -0.39 is 0 Å². The number of nitrogen functional groups attached to an aromatic ring is 1. The Morgan fingerprint density at radius 1 is 1.28 bits per heavy atom. The number of rotatable bonds is 3. The van der Waals surface area contributed by atoms with Crippen LogP contribution in [0.25, 0.3) is 0 Å². The standard InChI is InChI=1S/C10H8Br2FN5/c11-5-1-2-7(13)8(3-5)16-9-6(12)4-15-10(17-9)18-14/h1-4H,14H2,(H2,15,16,17,18). The highest BCUT2D eigenvalue weighted by atomic mass is 79.9. The van der Waals surface area contributed by atoms with Crippen LogP contribution in [0.2, 0.25) is 0 Å². The first-order valence-corrected chi connectivity index (χ1v) is 6.40. The van der Waals surface area contributed by atoms with Crippen LogP contribution in [-0.2, 0) is 0 Å². The van der Waals surface area contributed by atoms with Crippen molar-refractivity contribution in [1.82, 2.24) is 9.97 Å². The third-order valence-corrected chi connectivity index (χ3v) is 3.13. The zero-order chi connectivity index (χ0) is 13.1. The summed E-state index contributed by atoms with van der Waals surface area (Å²) in [6.45, 7) is 0. The molecule has 18 heavy (non-hydrogen) atoms. The van der Waals surface area contributed by atoms with Crippen LogP contribution in [0, 0.1) is 5.82 Å². The first-order chi connectivity index (χ1) is 8.60. The zero-order valence-electron chi connectivity index (χ0n) is 8.92. The fourth-order valence-electron chi connectivity index (χ4n) is 1.25. The Kier molecular flexibility index (Phi) is 4.10. The highest BCUT2D eigenvalue weighted by Gasteiger charge is 2.08. The summed E-state index contributed by atoms with van der Waals surface area (Å²) in [4.78, 5) is 7.97. The Balaban J connectivity index is 2.36. The molecule has 0 bridgehead atoms. The fraction of sp³-hybridized carbons (Fsp3) is 0. The average Bonchev–Trinajstić information content (AvgIpc) is 2.36. The molecule has 94 valence electrons. The van der Waals surface area contributed by atoms with Crippen molar-refractivity contribution in [1.29, 1.82) is 0 Å². The highest BCUT2D eigenvalue weighted by molar-refractivity contribution is 9.10. The minimum absolute atomic E-state index is 0.233. The second kappa shape index (κ2) is 5.59. The van der Waals surface area contributed by atoms with E-state index in [1.165, 1.54) is 12.3 Å². The lowest BCUT2D eigenvalue weighted by atomic mass is 10.3. The molecule has 0 aliphatic rings. The number of nitrogens with two attached hydrogens (primary N) is 1. The van der Waals surface area contributed by atoms with Gasteiger partial charge in [-0.2, -0.15) is 4.98 Å². The molecule has 0 unspecified atom stereocenters. The molecular formula is C10H8Br2FN5. The second-order valence-electron chi connectivity index (χ2n) is 3.28. The summed E-state index contributed by atoms with van der Waals surface area (Å²) >= 11 is 6.54. The van der Waals surface area contributed by atoms with Crippen molar-refractivity contribution >= 4 is 49.3 Å². The number of hydrogen-bond acceptors (Lipinski definition) is 5. The molecule has 8 heteroatoms. The van der Waals surface area contributed by atoms with Crippen LogP contribution in [-0.4, -0.2) is 9.97 Å². The van der Waals surface area contributed by atoms with Crippen LogP contribution < -0.4 is 16.6 Å². The smallest absolute Gasteiger partial charge is 0.239 e. The van der Waals surface area contributed by atoms with Gasteiger partial charge in [0.2, 0.25) is 5.95 Å². The van der Waals surface area contributed by atoms with Crippen LogP contribution in [0.15, 0.2) is 33.3 Å². The summed E-state index contributed by atoms with van der Waals surface area (Å²) in [6, 6.07) is 4.57. The molecule has 1 aromatic carbocycles. The van der Waals surface area contributed by atoms with Crippen LogP contribution in [0.3, 0.4) is 0 Å². The molecule has 2 rings (SSSR count). The molecule has 0 radical (unpaired) electrons. The number of nitrogens with zero attached hydrogens (tertiary/aromatic N) is 2. The van der Waals surface area contributed by atoms with Crippen LogP contribution >= 0.6 is 31.9 Å². The quantitative estimate of drug-likeness (QED) is 0.566. The summed E-state index contributed by atoms with van der Waals surface area (Å²) < 4.78 is 14.9. The fourth-order valence-corrected chi connectivity index (χ4v) is 1.90. The molecule has 0 saturated carbocycles. The first-order valence-electron chi connectivity index (χ1n) is 4.81. The van der Waals surface area contributed by atoms with E-state index in [0.717, 1.165) is 4.47 Å². The molecule has 0 atom stereocenters. The lowest BCUT2D eigenvalue weighted by molar-refractivity contribution is 0.631. The number of nitrogens with one attached hydrogen (secondary N) is 2. The Bertz CT molecular complexity index is 578. The molecule has 0 aliphatic heterocycles. The molecular weight excluding hydrogens is 369 g/mol. The maximum absolute atomic E-state index is 13.6. The van der Waals surface area contributed by atoms with Gasteiger partial charge in [-0.25, -0.2) is 15.2 Å². The molecule has 0 spiro atoms. The van der Waals surface area contributed by atoms with Crippen LogP contribution in [0.5, 0.6) is 0 Å². The summed E-state index contributed by atoms with van der Waals surface area (Å²) in [6.07, 6.45) is 1.51. The summed E-state index contributed by atoms with van der Waals surface area (Å²) in [5, 5.41) is 2.86. The zero-order valence-corrected chi connectivity index (χ0v) is 12.1. The van der Waals surface area contributed by atoms with E-state index in [4.69, 9.17) is 5.84 Å². The van der Waals surface area contributed by atoms with Gasteiger partial charge in [-0.3, -0.25) is 5.43 Å². The number of anilines is 3. The van der Waals surface area contributed by atoms with Gasteiger partial charge in [0.15, 0.2) is 5.82 Å². The third-order valence-electron chi connectivity index (χ3n) is 2.05. The molecule has 5 nitrogen and oxygen atoms in total. The summed E-state index contributed by atoms with van der Waals surface area (Å²) in [7, 11) is 0. The van der Waals surface area contributed by atoms with Crippen molar-refractivity contribution in [3.8, 4) is 0 Å². The lowest BCUT2D eigenvalue weighted by Crippen LogP contribution is -2.11. The van der Waals surface area contributed by atoms with E-state index in [1.807, 2.05) is 0 Å². The Hall–Kier alpha value is -1.25. The summed E-state index contributed by atoms with van der Waals surface area (Å²) in [5.74, 6) is 5.48. The molecule has 0 fully saturated rings. The molecule has 0 amide bonds. The van der Waals surface area contributed by atoms with E-state index in [9.17, 15) is 4.39 Å². The average molecular weight is 377 g/mol. The largest absolute Gasteiger partial charge is 0.337 e. The second-order valence-corrected chi connectivity index (χ2v) is 5.05. The van der Waals surface area contributed by atoms with Gasteiger partial charge in [-0.05, 0) is 34.1 Å². The van der Waals surface area contributed by atoms with E-state index in [2.05, 4.69) is 52.6 Å². The van der Waals surface area contributed by atoms with Crippen molar-refractivity contribution in [3.05, 3.63) is 39.2 Å². The van der Waals surface area contributed by atoms with Gasteiger partial charge in [0, 0.05) is 10.7 Å². The van der Waals surface area contributed by atoms with E-state index in [1.54, 1.807) is 12.1 Å². The third kappa shape index (κ3) is 2.95. The first kappa shape index (κ1) is 13.2. The van der Waals surface area contributed by atoms with Crippen molar-refractivity contribution in [2.75, 3.05) is 10.7 Å². The predicted molar refractivity (Wildman–Crippen MR) is 74.9 cm³/mol. The number of hydrazine groups is 1. The number of halogens is 3. The topological polar surface area (TPSA) is 75.9 Å². The van der Waals surface area contributed by atoms with Crippen LogP contribution in [0.4, 0.5) is 21.8 Å². The Morgan fingerprint density at radius 2 is 2.06 bits per heavy atom. The van der Waals surface area contributed by atoms with Crippen molar-refractivity contribution in [2.45, 2.75) is 0 Å².